The van der Waals surface area contributed by atoms with Gasteiger partial charge in [-0.05, 0) is 57.4 Å². The number of hydrogen-bond acceptors (Lipinski definition) is 9. The van der Waals surface area contributed by atoms with Crippen molar-refractivity contribution in [3.63, 3.8) is 0 Å². The van der Waals surface area contributed by atoms with Gasteiger partial charge in [0.1, 0.15) is 17.7 Å². The number of aliphatic hydroxyl groups is 1. The van der Waals surface area contributed by atoms with Crippen molar-refractivity contribution < 1.29 is 14.6 Å². The number of aromatic nitrogens is 5. The molecule has 0 radical (unpaired) electrons. The van der Waals surface area contributed by atoms with E-state index < -0.39 is 23.6 Å². The molecule has 52 heavy (non-hydrogen) atoms. The minimum Gasteiger partial charge on any atom is -0.393 e. The zero-order valence-corrected chi connectivity index (χ0v) is 30.5. The molecule has 2 atom stereocenters. The van der Waals surface area contributed by atoms with E-state index in [4.69, 9.17) is 14.8 Å². The molecule has 1 aliphatic rings. The molecular weight excluding hydrogens is 658 g/mol. The van der Waals surface area contributed by atoms with Crippen molar-refractivity contribution in [2.24, 2.45) is 0 Å². The summed E-state index contributed by atoms with van der Waals surface area (Å²) in [7, 11) is 0. The van der Waals surface area contributed by atoms with Gasteiger partial charge < -0.3 is 20.5 Å². The lowest BCUT2D eigenvalue weighted by Gasteiger charge is -2.15. The second-order valence-corrected chi connectivity index (χ2v) is 13.7. The number of aryl methyl sites for hydroxylation is 2. The van der Waals surface area contributed by atoms with Crippen LogP contribution in [0, 0.1) is 6.92 Å². The summed E-state index contributed by atoms with van der Waals surface area (Å²) in [5, 5.41) is 20.9. The Balaban J connectivity index is 0.888. The first-order valence-electron chi connectivity index (χ1n) is 19.1. The van der Waals surface area contributed by atoms with Crippen LogP contribution >= 0.6 is 0 Å². The third kappa shape index (κ3) is 11.6. The lowest BCUT2D eigenvalue weighted by molar-refractivity contribution is -0.0104. The predicted molar refractivity (Wildman–Crippen MR) is 204 cm³/mol. The number of carbonyl (C=O) groups excluding carboxylic acids is 1. The van der Waals surface area contributed by atoms with Gasteiger partial charge in [0.05, 0.1) is 17.8 Å². The third-order valence-corrected chi connectivity index (χ3v) is 9.60. The molecule has 0 unspecified atom stereocenters. The number of anilines is 1. The number of rotatable bonds is 24. The lowest BCUT2D eigenvalue weighted by atomic mass is 10.0. The molecule has 4 N–H and O–H groups in total. The number of fused-ring (bicyclic) bond motifs is 1. The van der Waals surface area contributed by atoms with Gasteiger partial charge in [-0.2, -0.15) is 0 Å². The van der Waals surface area contributed by atoms with Crippen LogP contribution in [0.1, 0.15) is 117 Å². The molecule has 12 heteroatoms. The number of H-pyrrole nitrogens is 1. The second kappa shape index (κ2) is 20.6. The van der Waals surface area contributed by atoms with Gasteiger partial charge in [-0.25, -0.2) is 14.3 Å². The first kappa shape index (κ1) is 38.8. The van der Waals surface area contributed by atoms with Gasteiger partial charge in [-0.3, -0.25) is 19.1 Å². The van der Waals surface area contributed by atoms with Crippen LogP contribution in [-0.2, 0) is 17.7 Å². The van der Waals surface area contributed by atoms with Crippen LogP contribution in [0.3, 0.4) is 0 Å². The summed E-state index contributed by atoms with van der Waals surface area (Å²) < 4.78 is 8.94. The zero-order chi connectivity index (χ0) is 36.5. The minimum absolute atomic E-state index is 0.160. The molecule has 12 nitrogen and oxygen atoms in total. The van der Waals surface area contributed by atoms with E-state index in [9.17, 15) is 19.5 Å². The molecule has 0 amide bonds. The average molecular weight is 714 g/mol. The fourth-order valence-electron chi connectivity index (χ4n) is 6.61. The van der Waals surface area contributed by atoms with Crippen molar-refractivity contribution in [1.82, 2.24) is 29.5 Å². The Morgan fingerprint density at radius 2 is 1.60 bits per heavy atom. The number of hydrogen-bond donors (Lipinski definition) is 4. The fraction of sp³-hybridized carbons (Fsp3) is 0.525. The summed E-state index contributed by atoms with van der Waals surface area (Å²) in [6.45, 7) is 3.94. The number of nitrogens with zero attached hydrogens (tertiary/aromatic N) is 4. The highest BCUT2D eigenvalue weighted by Crippen LogP contribution is 2.20. The molecule has 1 aliphatic heterocycles. The molecule has 4 heterocycles. The molecule has 0 saturated heterocycles. The second-order valence-electron chi connectivity index (χ2n) is 13.7. The van der Waals surface area contributed by atoms with Crippen LogP contribution < -0.4 is 21.9 Å². The van der Waals surface area contributed by atoms with E-state index in [1.54, 1.807) is 12.2 Å². The number of nitrogens with one attached hydrogen (secondary N) is 3. The Bertz CT molecular complexity index is 1850. The summed E-state index contributed by atoms with van der Waals surface area (Å²) in [5.41, 5.74) is 2.41. The van der Waals surface area contributed by atoms with Gasteiger partial charge in [0.2, 0.25) is 0 Å². The minimum atomic E-state index is -0.632. The first-order chi connectivity index (χ1) is 25.4. The number of benzene rings is 1. The molecule has 1 aromatic carbocycles. The SMILES string of the molecule is Cc1nc(CCCCCCC(=O)c2ccccc2)n2nc(NCCCCCCCCCCNCc3cn([C@H]4C=C[C@@H](CO)O4)c(=O)[nH]c3=O)ccc12. The summed E-state index contributed by atoms with van der Waals surface area (Å²) in [6, 6.07) is 13.7. The number of aromatic amines is 1. The Kier molecular flexibility index (Phi) is 15.4. The van der Waals surface area contributed by atoms with Gasteiger partial charge in [0, 0.05) is 43.3 Å². The van der Waals surface area contributed by atoms with Crippen molar-refractivity contribution in [1.29, 1.82) is 0 Å². The van der Waals surface area contributed by atoms with Crippen molar-refractivity contribution in [2.45, 2.75) is 116 Å². The largest absolute Gasteiger partial charge is 0.393 e. The Labute approximate surface area is 305 Å². The highest BCUT2D eigenvalue weighted by atomic mass is 16.5. The van der Waals surface area contributed by atoms with E-state index in [0.29, 0.717) is 18.5 Å². The molecule has 5 rings (SSSR count). The monoisotopic (exact) mass is 713 g/mol. The zero-order valence-electron chi connectivity index (χ0n) is 30.5. The molecule has 280 valence electrons. The van der Waals surface area contributed by atoms with Gasteiger partial charge in [0.15, 0.2) is 12.0 Å². The molecule has 4 aromatic rings. The normalized spacial score (nSPS) is 15.5. The average Bonchev–Trinajstić information content (AvgIpc) is 3.76. The fourth-order valence-corrected chi connectivity index (χ4v) is 6.61. The van der Waals surface area contributed by atoms with E-state index >= 15 is 0 Å². The van der Waals surface area contributed by atoms with Gasteiger partial charge in [-0.15, -0.1) is 5.10 Å². The van der Waals surface area contributed by atoms with Crippen LogP contribution in [0.5, 0.6) is 0 Å². The van der Waals surface area contributed by atoms with E-state index in [1.165, 1.54) is 42.9 Å². The smallest absolute Gasteiger partial charge is 0.330 e. The lowest BCUT2D eigenvalue weighted by Crippen LogP contribution is -2.35. The molecule has 0 spiro atoms. The summed E-state index contributed by atoms with van der Waals surface area (Å²) >= 11 is 0. The van der Waals surface area contributed by atoms with Crippen molar-refractivity contribution >= 4 is 17.1 Å². The van der Waals surface area contributed by atoms with Gasteiger partial charge in [-0.1, -0.05) is 87.8 Å². The Morgan fingerprint density at radius 1 is 0.885 bits per heavy atom. The summed E-state index contributed by atoms with van der Waals surface area (Å²) in [5.74, 6) is 2.10. The quantitative estimate of drug-likeness (QED) is 0.0387. The van der Waals surface area contributed by atoms with E-state index in [2.05, 4.69) is 21.7 Å². The van der Waals surface area contributed by atoms with E-state index in [0.717, 1.165) is 92.9 Å². The molecule has 0 saturated carbocycles. The van der Waals surface area contributed by atoms with Gasteiger partial charge in [0.25, 0.3) is 5.56 Å². The molecule has 3 aromatic heterocycles. The first-order valence-corrected chi connectivity index (χ1v) is 19.1. The maximum atomic E-state index is 12.3. The van der Waals surface area contributed by atoms with Crippen molar-refractivity contribution in [2.75, 3.05) is 25.0 Å². The Hall–Kier alpha value is -4.39. The number of ketones is 1. The summed E-state index contributed by atoms with van der Waals surface area (Å²) in [4.78, 5) is 44.0. The number of imidazole rings is 1. The standard InChI is InChI=1S/C40H55N7O5/c1-30-34-22-23-36(45-47(34)37(43-30)20-14-7-6-13-19-35(49)31-17-11-10-12-18-31)42-26-16-9-5-3-2-4-8-15-25-41-27-32-28-46(40(51)44-39(32)50)38-24-21-33(29-48)52-38/h10-12,17-18,21-24,28,33,38,41,48H,2-9,13-16,19-20,25-27,29H2,1H3,(H,42,45)(H,44,50,51)/t33-,38+/m0/s1. The third-order valence-electron chi connectivity index (χ3n) is 9.60. The van der Waals surface area contributed by atoms with Crippen LogP contribution in [0.25, 0.3) is 5.52 Å². The molecule has 0 fully saturated rings. The van der Waals surface area contributed by atoms with E-state index in [-0.39, 0.29) is 12.4 Å². The topological polar surface area (TPSA) is 156 Å². The maximum absolute atomic E-state index is 12.3. The number of carbonyl (C=O) groups is 1. The van der Waals surface area contributed by atoms with Crippen molar-refractivity contribution in [3.05, 3.63) is 104 Å². The van der Waals surface area contributed by atoms with Crippen LogP contribution in [0.2, 0.25) is 0 Å². The number of unbranched alkanes of at least 4 members (excludes halogenated alkanes) is 10. The highest BCUT2D eigenvalue weighted by molar-refractivity contribution is 5.95. The predicted octanol–water partition coefficient (Wildman–Crippen LogP) is 6.03. The van der Waals surface area contributed by atoms with Gasteiger partial charge >= 0.3 is 5.69 Å². The number of ether oxygens (including phenoxy) is 1. The van der Waals surface area contributed by atoms with Crippen LogP contribution in [0.15, 0.2) is 70.4 Å². The highest BCUT2D eigenvalue weighted by Gasteiger charge is 2.21. The van der Waals surface area contributed by atoms with Crippen molar-refractivity contribution in [3.8, 4) is 0 Å². The number of aliphatic hydroxyl groups excluding tert-OH is 1. The van der Waals surface area contributed by atoms with Crippen LogP contribution in [0.4, 0.5) is 5.82 Å². The molecule has 0 aliphatic carbocycles. The number of Topliss-reactive ketones (excluding diaryl/α,β-unsaturated/α-hetero) is 1. The van der Waals surface area contributed by atoms with E-state index in [1.807, 2.05) is 47.8 Å². The Morgan fingerprint density at radius 3 is 2.35 bits per heavy atom. The molecular formula is C40H55N7O5. The van der Waals surface area contributed by atoms with Crippen LogP contribution in [-0.4, -0.2) is 60.8 Å². The summed E-state index contributed by atoms with van der Waals surface area (Å²) in [6.07, 6.45) is 18.7. The maximum Gasteiger partial charge on any atom is 0.330 e. The molecule has 0 bridgehead atoms.